The van der Waals surface area contributed by atoms with Crippen molar-refractivity contribution >= 4 is 0 Å². The fourth-order valence-electron chi connectivity index (χ4n) is 1.92. The first-order chi connectivity index (χ1) is 10.0. The van der Waals surface area contributed by atoms with Crippen LogP contribution in [0.2, 0.25) is 0 Å². The minimum absolute atomic E-state index is 0.0163. The molecule has 0 aromatic heterocycles. The summed E-state index contributed by atoms with van der Waals surface area (Å²) in [5, 5.41) is 8.95. The molecular weight excluding hydrogens is 274 g/mol. The Hall–Kier alpha value is -2.45. The molecule has 0 aliphatic heterocycles. The van der Waals surface area contributed by atoms with E-state index in [-0.39, 0.29) is 6.61 Å². The number of hydrogen-bond donors (Lipinski definition) is 1. The van der Waals surface area contributed by atoms with Gasteiger partial charge in [0.15, 0.2) is 0 Å². The van der Waals surface area contributed by atoms with Crippen molar-refractivity contribution in [2.75, 3.05) is 0 Å². The number of halogens is 2. The van der Waals surface area contributed by atoms with Crippen LogP contribution in [-0.2, 0) is 6.61 Å². The molecular formula is C16H14F2N2O. The van der Waals surface area contributed by atoms with Crippen molar-refractivity contribution in [3.05, 3.63) is 64.7 Å². The lowest BCUT2D eigenvalue weighted by atomic mass is 10.1. The van der Waals surface area contributed by atoms with Crippen LogP contribution in [0.3, 0.4) is 0 Å². The van der Waals surface area contributed by atoms with E-state index in [2.05, 4.69) is 0 Å². The molecule has 5 heteroatoms. The van der Waals surface area contributed by atoms with Crippen molar-refractivity contribution in [2.45, 2.75) is 19.6 Å². The molecule has 0 heterocycles. The molecule has 0 aliphatic carbocycles. The number of hydrogen-bond acceptors (Lipinski definition) is 3. The maximum atomic E-state index is 13.8. The van der Waals surface area contributed by atoms with Gasteiger partial charge in [-0.05, 0) is 31.2 Å². The summed E-state index contributed by atoms with van der Waals surface area (Å²) in [4.78, 5) is 0. The molecule has 0 fully saturated rings. The number of nitrogens with zero attached hydrogens (tertiary/aromatic N) is 1. The Kier molecular flexibility index (Phi) is 4.51. The standard InChI is InChI=1S/C16H14F2N2O/c1-10(20)15-5-4-14(7-16(15)18)21-9-12-6-13(17)3-2-11(12)8-19/h2-7,10H,9,20H2,1H3/t10-/m0/s1. The first kappa shape index (κ1) is 14.9. The zero-order valence-electron chi connectivity index (χ0n) is 11.4. The molecule has 2 N–H and O–H groups in total. The Morgan fingerprint density at radius 1 is 1.24 bits per heavy atom. The fraction of sp³-hybridized carbons (Fsp3) is 0.188. The van der Waals surface area contributed by atoms with E-state index in [1.807, 2.05) is 6.07 Å². The molecule has 2 rings (SSSR count). The highest BCUT2D eigenvalue weighted by molar-refractivity contribution is 5.38. The summed E-state index contributed by atoms with van der Waals surface area (Å²) in [7, 11) is 0. The van der Waals surface area contributed by atoms with E-state index in [0.29, 0.717) is 22.4 Å². The molecule has 0 amide bonds. The summed E-state index contributed by atoms with van der Waals surface area (Å²) >= 11 is 0. The van der Waals surface area contributed by atoms with Crippen LogP contribution in [0.15, 0.2) is 36.4 Å². The lowest BCUT2D eigenvalue weighted by Gasteiger charge is -2.11. The maximum absolute atomic E-state index is 13.8. The first-order valence-corrected chi connectivity index (χ1v) is 6.37. The Balaban J connectivity index is 2.16. The third kappa shape index (κ3) is 3.56. The van der Waals surface area contributed by atoms with Gasteiger partial charge in [0.2, 0.25) is 0 Å². The SMILES string of the molecule is C[C@H](N)c1ccc(OCc2cc(F)ccc2C#N)cc1F. The van der Waals surface area contributed by atoms with Gasteiger partial charge in [0.05, 0.1) is 11.6 Å². The highest BCUT2D eigenvalue weighted by Crippen LogP contribution is 2.22. The number of rotatable bonds is 4. The van der Waals surface area contributed by atoms with Gasteiger partial charge in [-0.15, -0.1) is 0 Å². The zero-order chi connectivity index (χ0) is 15.4. The molecule has 1 atom stereocenters. The van der Waals surface area contributed by atoms with Crippen LogP contribution < -0.4 is 10.5 Å². The normalized spacial score (nSPS) is 11.8. The monoisotopic (exact) mass is 288 g/mol. The average molecular weight is 288 g/mol. The molecule has 21 heavy (non-hydrogen) atoms. The summed E-state index contributed by atoms with van der Waals surface area (Å²) in [6.45, 7) is 1.67. The van der Waals surface area contributed by atoms with Gasteiger partial charge in [0.25, 0.3) is 0 Å². The summed E-state index contributed by atoms with van der Waals surface area (Å²) < 4.78 is 32.3. The second-order valence-electron chi connectivity index (χ2n) is 4.67. The lowest BCUT2D eigenvalue weighted by molar-refractivity contribution is 0.303. The molecule has 0 unspecified atom stereocenters. The summed E-state index contributed by atoms with van der Waals surface area (Å²) in [6.07, 6.45) is 0. The van der Waals surface area contributed by atoms with Crippen molar-refractivity contribution in [3.8, 4) is 11.8 Å². The topological polar surface area (TPSA) is 59.0 Å². The Bertz CT molecular complexity index is 693. The van der Waals surface area contributed by atoms with Crippen LogP contribution in [0.25, 0.3) is 0 Å². The molecule has 108 valence electrons. The molecule has 0 saturated carbocycles. The number of benzene rings is 2. The van der Waals surface area contributed by atoms with Crippen LogP contribution >= 0.6 is 0 Å². The van der Waals surface area contributed by atoms with E-state index >= 15 is 0 Å². The van der Waals surface area contributed by atoms with Gasteiger partial charge in [0, 0.05) is 23.2 Å². The lowest BCUT2D eigenvalue weighted by Crippen LogP contribution is -2.07. The van der Waals surface area contributed by atoms with Crippen molar-refractivity contribution in [3.63, 3.8) is 0 Å². The Labute approximate surface area is 121 Å². The van der Waals surface area contributed by atoms with Gasteiger partial charge < -0.3 is 10.5 Å². The third-order valence-corrected chi connectivity index (χ3v) is 3.04. The number of nitriles is 1. The van der Waals surface area contributed by atoms with Gasteiger partial charge in [-0.3, -0.25) is 0 Å². The second kappa shape index (κ2) is 6.33. The van der Waals surface area contributed by atoms with Crippen molar-refractivity contribution in [1.82, 2.24) is 0 Å². The van der Waals surface area contributed by atoms with E-state index in [1.165, 1.54) is 24.3 Å². The number of ether oxygens (including phenoxy) is 1. The molecule has 3 nitrogen and oxygen atoms in total. The molecule has 0 radical (unpaired) electrons. The summed E-state index contributed by atoms with van der Waals surface area (Å²) in [5.74, 6) is -0.613. The predicted molar refractivity (Wildman–Crippen MR) is 74.4 cm³/mol. The molecule has 0 saturated heterocycles. The first-order valence-electron chi connectivity index (χ1n) is 6.37. The van der Waals surface area contributed by atoms with Crippen LogP contribution in [0, 0.1) is 23.0 Å². The highest BCUT2D eigenvalue weighted by Gasteiger charge is 2.09. The highest BCUT2D eigenvalue weighted by atomic mass is 19.1. The average Bonchev–Trinajstić information content (AvgIpc) is 2.45. The smallest absolute Gasteiger partial charge is 0.131 e. The van der Waals surface area contributed by atoms with Crippen molar-refractivity contribution in [2.24, 2.45) is 5.73 Å². The Morgan fingerprint density at radius 3 is 2.62 bits per heavy atom. The van der Waals surface area contributed by atoms with E-state index in [0.717, 1.165) is 0 Å². The van der Waals surface area contributed by atoms with E-state index in [4.69, 9.17) is 15.7 Å². The van der Waals surface area contributed by atoms with Crippen LogP contribution in [0.4, 0.5) is 8.78 Å². The van der Waals surface area contributed by atoms with Gasteiger partial charge in [-0.25, -0.2) is 8.78 Å². The largest absolute Gasteiger partial charge is 0.489 e. The maximum Gasteiger partial charge on any atom is 0.131 e. The van der Waals surface area contributed by atoms with E-state index < -0.39 is 17.7 Å². The quantitative estimate of drug-likeness (QED) is 0.937. The molecule has 0 aliphatic rings. The van der Waals surface area contributed by atoms with Crippen LogP contribution in [0.5, 0.6) is 5.75 Å². The van der Waals surface area contributed by atoms with Gasteiger partial charge in [-0.1, -0.05) is 6.07 Å². The summed E-state index contributed by atoms with van der Waals surface area (Å²) in [6, 6.07) is 9.73. The van der Waals surface area contributed by atoms with E-state index in [9.17, 15) is 8.78 Å². The van der Waals surface area contributed by atoms with Crippen molar-refractivity contribution < 1.29 is 13.5 Å². The predicted octanol–water partition coefficient (Wildman–Crippen LogP) is 3.44. The summed E-state index contributed by atoms with van der Waals surface area (Å²) in [5.41, 5.74) is 6.75. The van der Waals surface area contributed by atoms with Crippen molar-refractivity contribution in [1.29, 1.82) is 5.26 Å². The zero-order valence-corrected chi connectivity index (χ0v) is 11.4. The molecule has 2 aromatic rings. The molecule has 0 bridgehead atoms. The van der Waals surface area contributed by atoms with Gasteiger partial charge in [0.1, 0.15) is 24.0 Å². The molecule has 2 aromatic carbocycles. The van der Waals surface area contributed by atoms with Crippen LogP contribution in [-0.4, -0.2) is 0 Å². The second-order valence-corrected chi connectivity index (χ2v) is 4.67. The number of nitrogens with two attached hydrogens (primary N) is 1. The Morgan fingerprint density at radius 2 is 2.00 bits per heavy atom. The van der Waals surface area contributed by atoms with Gasteiger partial charge in [-0.2, -0.15) is 5.26 Å². The minimum Gasteiger partial charge on any atom is -0.489 e. The van der Waals surface area contributed by atoms with Crippen LogP contribution in [0.1, 0.15) is 29.7 Å². The third-order valence-electron chi connectivity index (χ3n) is 3.04. The van der Waals surface area contributed by atoms with Gasteiger partial charge >= 0.3 is 0 Å². The molecule has 0 spiro atoms. The fourth-order valence-corrected chi connectivity index (χ4v) is 1.92. The van der Waals surface area contributed by atoms with E-state index in [1.54, 1.807) is 19.1 Å². The minimum atomic E-state index is -0.456.